The van der Waals surface area contributed by atoms with E-state index in [1.807, 2.05) is 24.4 Å². The fraction of sp³-hybridized carbons (Fsp3) is 0.357. The minimum Gasteiger partial charge on any atom is -0.352 e. The first kappa shape index (κ1) is 13.1. The minimum atomic E-state index is 0.520. The molecule has 22 heavy (non-hydrogen) atoms. The normalized spacial score (nSPS) is 15.5. The Hall–Kier alpha value is -2.61. The Morgan fingerprint density at radius 3 is 2.91 bits per heavy atom. The number of rotatable bonds is 4. The molecule has 1 fully saturated rings. The predicted octanol–water partition coefficient (Wildman–Crippen LogP) is 0.235. The largest absolute Gasteiger partial charge is 0.352 e. The van der Waals surface area contributed by atoms with Crippen LogP contribution in [-0.2, 0) is 6.54 Å². The molecule has 0 bridgehead atoms. The molecule has 0 aromatic carbocycles. The van der Waals surface area contributed by atoms with Crippen molar-refractivity contribution in [2.45, 2.75) is 12.6 Å². The van der Waals surface area contributed by atoms with E-state index in [0.29, 0.717) is 6.04 Å². The molecule has 4 rings (SSSR count). The van der Waals surface area contributed by atoms with E-state index in [1.165, 1.54) is 5.56 Å². The quantitative estimate of drug-likeness (QED) is 0.682. The summed E-state index contributed by atoms with van der Waals surface area (Å²) in [5.74, 6) is 0.961. The van der Waals surface area contributed by atoms with Crippen molar-refractivity contribution in [3.63, 3.8) is 0 Å². The van der Waals surface area contributed by atoms with Crippen molar-refractivity contribution in [2.75, 3.05) is 25.0 Å². The molecule has 8 heteroatoms. The third-order valence-electron chi connectivity index (χ3n) is 4.03. The Bertz CT molecular complexity index is 765. The molecule has 0 N–H and O–H groups in total. The zero-order valence-electron chi connectivity index (χ0n) is 12.2. The molecule has 1 aliphatic rings. The van der Waals surface area contributed by atoms with E-state index >= 15 is 0 Å². The molecule has 4 heterocycles. The lowest BCUT2D eigenvalue weighted by Crippen LogP contribution is -2.58. The van der Waals surface area contributed by atoms with Crippen molar-refractivity contribution in [3.05, 3.63) is 42.5 Å². The van der Waals surface area contributed by atoms with E-state index in [1.54, 1.807) is 17.0 Å². The number of fused-ring (bicyclic) bond motifs is 1. The van der Waals surface area contributed by atoms with Gasteiger partial charge in [0.1, 0.15) is 12.1 Å². The maximum absolute atomic E-state index is 4.52. The molecule has 0 unspecified atom stereocenters. The first-order chi connectivity index (χ1) is 10.8. The number of nitrogens with zero attached hydrogens (tertiary/aromatic N) is 8. The van der Waals surface area contributed by atoms with Crippen LogP contribution in [0.4, 0.5) is 5.82 Å². The minimum absolute atomic E-state index is 0.520. The molecule has 3 aromatic heterocycles. The summed E-state index contributed by atoms with van der Waals surface area (Å²) in [6.45, 7) is 2.82. The third-order valence-corrected chi connectivity index (χ3v) is 4.03. The zero-order valence-corrected chi connectivity index (χ0v) is 12.2. The van der Waals surface area contributed by atoms with Gasteiger partial charge in [0, 0.05) is 31.9 Å². The maximum atomic E-state index is 4.52. The smallest absolute Gasteiger partial charge is 0.177 e. The van der Waals surface area contributed by atoms with Gasteiger partial charge < -0.3 is 4.90 Å². The van der Waals surface area contributed by atoms with Crippen LogP contribution < -0.4 is 4.90 Å². The second kappa shape index (κ2) is 5.30. The molecule has 3 aromatic rings. The Morgan fingerprint density at radius 2 is 2.09 bits per heavy atom. The number of hydrogen-bond acceptors (Lipinski definition) is 7. The van der Waals surface area contributed by atoms with Crippen LogP contribution in [-0.4, -0.2) is 61.1 Å². The van der Waals surface area contributed by atoms with Gasteiger partial charge in [-0.3, -0.25) is 4.90 Å². The highest BCUT2D eigenvalue weighted by molar-refractivity contribution is 5.47. The first-order valence-electron chi connectivity index (χ1n) is 7.17. The van der Waals surface area contributed by atoms with E-state index in [0.717, 1.165) is 31.1 Å². The highest BCUT2D eigenvalue weighted by Gasteiger charge is 2.31. The molecular formula is C14H16N8. The van der Waals surface area contributed by atoms with Crippen molar-refractivity contribution >= 4 is 11.5 Å². The summed E-state index contributed by atoms with van der Waals surface area (Å²) in [6, 6.07) is 6.45. The number of aromatic nitrogens is 6. The van der Waals surface area contributed by atoms with Crippen molar-refractivity contribution < 1.29 is 0 Å². The maximum Gasteiger partial charge on any atom is 0.177 e. The summed E-state index contributed by atoms with van der Waals surface area (Å²) in [7, 11) is 2.14. The van der Waals surface area contributed by atoms with Gasteiger partial charge in [0.2, 0.25) is 0 Å². The summed E-state index contributed by atoms with van der Waals surface area (Å²) < 4.78 is 1.70. The van der Waals surface area contributed by atoms with E-state index in [9.17, 15) is 0 Å². The highest BCUT2D eigenvalue weighted by Crippen LogP contribution is 2.22. The summed E-state index contributed by atoms with van der Waals surface area (Å²) in [4.78, 5) is 4.59. The molecule has 112 valence electrons. The van der Waals surface area contributed by atoms with Gasteiger partial charge in [-0.15, -0.1) is 15.3 Å². The zero-order chi connectivity index (χ0) is 14.9. The molecule has 0 amide bonds. The lowest BCUT2D eigenvalue weighted by atomic mass is 10.1. The van der Waals surface area contributed by atoms with Crippen molar-refractivity contribution in [3.8, 4) is 0 Å². The molecule has 0 spiro atoms. The number of likely N-dealkylation sites (N-methyl/N-ethyl adjacent to an activating group) is 1. The molecule has 0 saturated carbocycles. The standard InChI is InChI=1S/C14H16N8/c1-20(7-11-4-5-15-16-6-11)12-8-21(9-12)14-3-2-13-18-17-10-22(13)19-14/h2-6,10,12H,7-9H2,1H3. The van der Waals surface area contributed by atoms with Gasteiger partial charge >= 0.3 is 0 Å². The van der Waals surface area contributed by atoms with Crippen LogP contribution in [0.25, 0.3) is 5.65 Å². The van der Waals surface area contributed by atoms with Crippen molar-refractivity contribution in [2.24, 2.45) is 0 Å². The monoisotopic (exact) mass is 296 g/mol. The van der Waals surface area contributed by atoms with E-state index in [2.05, 4.69) is 42.3 Å². The Morgan fingerprint density at radius 1 is 1.18 bits per heavy atom. The van der Waals surface area contributed by atoms with Gasteiger partial charge in [-0.25, -0.2) is 0 Å². The molecule has 0 radical (unpaired) electrons. The Labute approximate surface area is 127 Å². The van der Waals surface area contributed by atoms with Crippen LogP contribution >= 0.6 is 0 Å². The van der Waals surface area contributed by atoms with Gasteiger partial charge in [0.05, 0.1) is 6.20 Å². The second-order valence-corrected chi connectivity index (χ2v) is 5.55. The summed E-state index contributed by atoms with van der Waals surface area (Å²) in [5, 5.41) is 20.1. The van der Waals surface area contributed by atoms with Gasteiger partial charge in [0.25, 0.3) is 0 Å². The molecule has 1 saturated heterocycles. The third kappa shape index (κ3) is 2.37. The van der Waals surface area contributed by atoms with E-state index in [-0.39, 0.29) is 0 Å². The van der Waals surface area contributed by atoms with Gasteiger partial charge in [-0.2, -0.15) is 14.7 Å². The fourth-order valence-corrected chi connectivity index (χ4v) is 2.64. The predicted molar refractivity (Wildman–Crippen MR) is 80.3 cm³/mol. The highest BCUT2D eigenvalue weighted by atomic mass is 15.4. The average molecular weight is 296 g/mol. The molecule has 8 nitrogen and oxygen atoms in total. The van der Waals surface area contributed by atoms with Gasteiger partial charge in [0.15, 0.2) is 5.65 Å². The Balaban J connectivity index is 1.38. The Kier molecular flexibility index (Phi) is 3.15. The average Bonchev–Trinajstić information content (AvgIpc) is 2.94. The van der Waals surface area contributed by atoms with Crippen molar-refractivity contribution in [1.29, 1.82) is 0 Å². The molecule has 1 aliphatic heterocycles. The van der Waals surface area contributed by atoms with Crippen LogP contribution in [0, 0.1) is 0 Å². The summed E-state index contributed by atoms with van der Waals surface area (Å²) >= 11 is 0. The van der Waals surface area contributed by atoms with E-state index in [4.69, 9.17) is 0 Å². The molecule has 0 aliphatic carbocycles. The summed E-state index contributed by atoms with van der Waals surface area (Å²) in [5.41, 5.74) is 1.95. The van der Waals surface area contributed by atoms with Crippen LogP contribution in [0.5, 0.6) is 0 Å². The molecule has 0 atom stereocenters. The number of hydrogen-bond donors (Lipinski definition) is 0. The van der Waals surface area contributed by atoms with Gasteiger partial charge in [-0.1, -0.05) is 0 Å². The topological polar surface area (TPSA) is 75.3 Å². The van der Waals surface area contributed by atoms with Gasteiger partial charge in [-0.05, 0) is 30.8 Å². The van der Waals surface area contributed by atoms with Crippen LogP contribution in [0.2, 0.25) is 0 Å². The second-order valence-electron chi connectivity index (χ2n) is 5.55. The van der Waals surface area contributed by atoms with Crippen LogP contribution in [0.1, 0.15) is 5.56 Å². The first-order valence-corrected chi connectivity index (χ1v) is 7.17. The lowest BCUT2D eigenvalue weighted by Gasteiger charge is -2.44. The van der Waals surface area contributed by atoms with Crippen molar-refractivity contribution in [1.82, 2.24) is 34.9 Å². The SMILES string of the molecule is CN(Cc1ccnnc1)C1CN(c2ccc3nncn3n2)C1. The van der Waals surface area contributed by atoms with E-state index < -0.39 is 0 Å². The lowest BCUT2D eigenvalue weighted by molar-refractivity contribution is 0.196. The fourth-order valence-electron chi connectivity index (χ4n) is 2.64. The van der Waals surface area contributed by atoms with Crippen LogP contribution in [0.15, 0.2) is 36.9 Å². The number of anilines is 1. The molecular weight excluding hydrogens is 280 g/mol. The van der Waals surface area contributed by atoms with Crippen LogP contribution in [0.3, 0.4) is 0 Å². The summed E-state index contributed by atoms with van der Waals surface area (Å²) in [6.07, 6.45) is 5.17.